The van der Waals surface area contributed by atoms with E-state index in [-0.39, 0.29) is 0 Å². The summed E-state index contributed by atoms with van der Waals surface area (Å²) in [5, 5.41) is -0.430. The summed E-state index contributed by atoms with van der Waals surface area (Å²) in [5.74, 6) is -1.96. The minimum atomic E-state index is -4.77. The van der Waals surface area contributed by atoms with Crippen molar-refractivity contribution in [2.45, 2.75) is 13.1 Å². The third kappa shape index (κ3) is 1.75. The number of halogens is 5. The summed E-state index contributed by atoms with van der Waals surface area (Å²) in [7, 11) is 0. The second-order valence-corrected chi connectivity index (χ2v) is 3.75. The van der Waals surface area contributed by atoms with E-state index in [1.54, 1.807) is 0 Å². The number of hydrogen-bond acceptors (Lipinski definition) is 2. The van der Waals surface area contributed by atoms with E-state index in [1.165, 1.54) is 0 Å². The topological polar surface area (TPSA) is 38.9 Å². The summed E-state index contributed by atoms with van der Waals surface area (Å²) < 4.78 is 64.8. The first-order valence-corrected chi connectivity index (χ1v) is 4.84. The van der Waals surface area contributed by atoms with Gasteiger partial charge in [0.15, 0.2) is 0 Å². The van der Waals surface area contributed by atoms with Crippen LogP contribution in [-0.2, 0) is 6.18 Å². The molecule has 0 saturated heterocycles. The quantitative estimate of drug-likeness (QED) is 0.739. The zero-order valence-corrected chi connectivity index (χ0v) is 9.07. The third-order valence-corrected chi connectivity index (χ3v) is 2.60. The first-order chi connectivity index (χ1) is 8.23. The van der Waals surface area contributed by atoms with Crippen LogP contribution in [0.25, 0.3) is 10.9 Å². The molecule has 0 saturated carbocycles. The molecule has 1 aromatic heterocycles. The number of rotatable bonds is 0. The Morgan fingerprint density at radius 2 is 1.67 bits per heavy atom. The first kappa shape index (κ1) is 12.5. The smallest absolute Gasteiger partial charge is 0.398 e. The Labute approximate surface area is 98.2 Å². The number of alkyl halides is 3. The van der Waals surface area contributed by atoms with Gasteiger partial charge in [-0.05, 0) is 19.1 Å². The van der Waals surface area contributed by atoms with Gasteiger partial charge < -0.3 is 5.73 Å². The van der Waals surface area contributed by atoms with Gasteiger partial charge in [-0.1, -0.05) is 0 Å². The van der Waals surface area contributed by atoms with Crippen LogP contribution >= 0.6 is 0 Å². The van der Waals surface area contributed by atoms with Gasteiger partial charge in [0.1, 0.15) is 22.8 Å². The van der Waals surface area contributed by atoms with Crippen LogP contribution in [0.5, 0.6) is 0 Å². The lowest BCUT2D eigenvalue weighted by Gasteiger charge is -2.14. The highest BCUT2D eigenvalue weighted by Crippen LogP contribution is 2.37. The zero-order chi connectivity index (χ0) is 13.7. The van der Waals surface area contributed by atoms with Crippen LogP contribution in [0.3, 0.4) is 0 Å². The lowest BCUT2D eigenvalue weighted by Crippen LogP contribution is -2.13. The molecule has 7 heteroatoms. The molecule has 1 heterocycles. The lowest BCUT2D eigenvalue weighted by molar-refractivity contribution is -0.141. The number of aromatic nitrogens is 1. The molecule has 0 unspecified atom stereocenters. The summed E-state index contributed by atoms with van der Waals surface area (Å²) in [6.07, 6.45) is -4.77. The van der Waals surface area contributed by atoms with Gasteiger partial charge in [-0.15, -0.1) is 0 Å². The van der Waals surface area contributed by atoms with Gasteiger partial charge in [0, 0.05) is 11.3 Å². The van der Waals surface area contributed by atoms with Crippen LogP contribution in [0.4, 0.5) is 27.6 Å². The van der Waals surface area contributed by atoms with Crippen LogP contribution in [0.2, 0.25) is 0 Å². The molecule has 1 aromatic carbocycles. The Morgan fingerprint density at radius 1 is 1.11 bits per heavy atom. The van der Waals surface area contributed by atoms with Crippen LogP contribution in [0.15, 0.2) is 12.1 Å². The van der Waals surface area contributed by atoms with Gasteiger partial charge in [-0.3, -0.25) is 0 Å². The Morgan fingerprint density at radius 3 is 2.22 bits per heavy atom. The van der Waals surface area contributed by atoms with E-state index in [9.17, 15) is 22.0 Å². The van der Waals surface area contributed by atoms with Crippen molar-refractivity contribution >= 4 is 16.6 Å². The van der Waals surface area contributed by atoms with E-state index in [0.717, 1.165) is 13.0 Å². The summed E-state index contributed by atoms with van der Waals surface area (Å²) in [6, 6.07) is 1.50. The number of benzene rings is 1. The second-order valence-electron chi connectivity index (χ2n) is 3.75. The molecule has 0 aliphatic heterocycles. The molecule has 96 valence electrons. The number of pyridine rings is 1. The van der Waals surface area contributed by atoms with Gasteiger partial charge in [0.25, 0.3) is 0 Å². The molecule has 0 fully saturated rings. The van der Waals surface area contributed by atoms with Crippen molar-refractivity contribution < 1.29 is 22.0 Å². The molecular weight excluding hydrogens is 255 g/mol. The Hall–Kier alpha value is -1.92. The normalized spacial score (nSPS) is 12.1. The molecule has 0 bridgehead atoms. The van der Waals surface area contributed by atoms with Crippen molar-refractivity contribution in [3.8, 4) is 0 Å². The maximum absolute atomic E-state index is 13.5. The molecule has 2 aromatic rings. The zero-order valence-electron chi connectivity index (χ0n) is 9.07. The molecule has 0 radical (unpaired) electrons. The predicted octanol–water partition coefficient (Wildman–Crippen LogP) is 3.42. The van der Waals surface area contributed by atoms with Gasteiger partial charge in [0.05, 0.1) is 5.39 Å². The third-order valence-electron chi connectivity index (χ3n) is 2.60. The minimum absolute atomic E-state index is 0.417. The van der Waals surface area contributed by atoms with Crippen LogP contribution in [0.1, 0.15) is 11.3 Å². The highest BCUT2D eigenvalue weighted by atomic mass is 19.4. The molecule has 0 atom stereocenters. The Bertz CT molecular complexity index is 634. The van der Waals surface area contributed by atoms with E-state index >= 15 is 0 Å². The van der Waals surface area contributed by atoms with Crippen molar-refractivity contribution in [1.82, 2.24) is 4.98 Å². The highest BCUT2D eigenvalue weighted by Gasteiger charge is 2.36. The molecule has 18 heavy (non-hydrogen) atoms. The molecule has 2 rings (SSSR count). The van der Waals surface area contributed by atoms with Crippen molar-refractivity contribution in [1.29, 1.82) is 0 Å². The maximum Gasteiger partial charge on any atom is 0.433 e. The van der Waals surface area contributed by atoms with Crippen LogP contribution < -0.4 is 5.73 Å². The largest absolute Gasteiger partial charge is 0.433 e. The number of anilines is 1. The number of hydrogen-bond donors (Lipinski definition) is 1. The minimum Gasteiger partial charge on any atom is -0.398 e. The number of fused-ring (bicyclic) bond motifs is 1. The van der Waals surface area contributed by atoms with Crippen molar-refractivity contribution in [3.63, 3.8) is 0 Å². The summed E-state index contributed by atoms with van der Waals surface area (Å²) >= 11 is 0. The van der Waals surface area contributed by atoms with Crippen LogP contribution in [0, 0.1) is 18.6 Å². The molecule has 2 nitrogen and oxygen atoms in total. The van der Waals surface area contributed by atoms with Crippen LogP contribution in [-0.4, -0.2) is 4.98 Å². The van der Waals surface area contributed by atoms with Crippen molar-refractivity contribution in [2.24, 2.45) is 0 Å². The summed E-state index contributed by atoms with van der Waals surface area (Å²) in [5.41, 5.74) is 2.54. The predicted molar refractivity (Wildman–Crippen MR) is 55.8 cm³/mol. The average molecular weight is 262 g/mol. The second kappa shape index (κ2) is 3.79. The van der Waals surface area contributed by atoms with E-state index in [1.807, 2.05) is 0 Å². The van der Waals surface area contributed by atoms with E-state index in [0.29, 0.717) is 6.07 Å². The molecule has 2 N–H and O–H groups in total. The fourth-order valence-corrected chi connectivity index (χ4v) is 1.69. The number of nitrogen functional groups attached to an aromatic ring is 1. The maximum atomic E-state index is 13.5. The monoisotopic (exact) mass is 262 g/mol. The summed E-state index contributed by atoms with van der Waals surface area (Å²) in [6.45, 7) is 1.06. The van der Waals surface area contributed by atoms with Gasteiger partial charge in [0.2, 0.25) is 0 Å². The van der Waals surface area contributed by atoms with Gasteiger partial charge in [-0.25, -0.2) is 13.8 Å². The highest BCUT2D eigenvalue weighted by molar-refractivity contribution is 5.93. The molecule has 0 aliphatic rings. The fraction of sp³-hybridized carbons (Fsp3) is 0.182. The fourth-order valence-electron chi connectivity index (χ4n) is 1.69. The lowest BCUT2D eigenvalue weighted by atomic mass is 10.1. The summed E-state index contributed by atoms with van der Waals surface area (Å²) in [4.78, 5) is 3.15. The molecule has 0 spiro atoms. The van der Waals surface area contributed by atoms with Crippen molar-refractivity contribution in [2.75, 3.05) is 5.73 Å². The molecule has 0 aliphatic carbocycles. The van der Waals surface area contributed by atoms with E-state index in [4.69, 9.17) is 5.73 Å². The van der Waals surface area contributed by atoms with Gasteiger partial charge in [-0.2, -0.15) is 13.2 Å². The van der Waals surface area contributed by atoms with Gasteiger partial charge >= 0.3 is 6.18 Å². The van der Waals surface area contributed by atoms with E-state index in [2.05, 4.69) is 4.98 Å². The van der Waals surface area contributed by atoms with E-state index < -0.39 is 45.7 Å². The number of nitrogens with two attached hydrogens (primary N) is 1. The van der Waals surface area contributed by atoms with Crippen molar-refractivity contribution in [3.05, 3.63) is 35.0 Å². The SMILES string of the molecule is Cc1c(C(F)(F)F)nc2c(F)ccc(F)c2c1N. The Kier molecular flexibility index (Phi) is 2.64. The standard InChI is InChI=1S/C11H7F5N2/c1-4-8(17)7-5(12)2-3-6(13)9(7)18-10(4)11(14,15)16/h2-3H,1H3,(H2,17,18). The molecular formula is C11H7F5N2. The number of nitrogens with zero attached hydrogens (tertiary/aromatic N) is 1. The average Bonchev–Trinajstić information content (AvgIpc) is 2.26. The first-order valence-electron chi connectivity index (χ1n) is 4.84. The Balaban J connectivity index is 2.97. The molecule has 0 amide bonds.